The molecule has 0 fully saturated rings. The van der Waals surface area contributed by atoms with Gasteiger partial charge in [0, 0.05) is 6.21 Å². The maximum absolute atomic E-state index is 12.9. The summed E-state index contributed by atoms with van der Waals surface area (Å²) in [6.45, 7) is 2.00. The molecule has 3 rings (SSSR count). The largest absolute Gasteiger partial charge is 0.285 e. The SMILES string of the molecule is C[C@@H](N=Cc1ccc2ccccc2c1)c1ccc(F)cc1. The Morgan fingerprint density at radius 2 is 1.62 bits per heavy atom. The van der Waals surface area contributed by atoms with Gasteiger partial charge in [-0.3, -0.25) is 4.99 Å². The molecule has 0 heterocycles. The Morgan fingerprint density at radius 1 is 0.905 bits per heavy atom. The van der Waals surface area contributed by atoms with Crippen LogP contribution in [0.3, 0.4) is 0 Å². The van der Waals surface area contributed by atoms with Gasteiger partial charge in [-0.2, -0.15) is 0 Å². The van der Waals surface area contributed by atoms with Crippen molar-refractivity contribution in [1.29, 1.82) is 0 Å². The summed E-state index contributed by atoms with van der Waals surface area (Å²) < 4.78 is 12.9. The van der Waals surface area contributed by atoms with Crippen LogP contribution in [0.25, 0.3) is 10.8 Å². The first-order valence-corrected chi connectivity index (χ1v) is 7.00. The third-order valence-corrected chi connectivity index (χ3v) is 3.57. The third-order valence-electron chi connectivity index (χ3n) is 3.57. The van der Waals surface area contributed by atoms with Crippen LogP contribution in [-0.2, 0) is 0 Å². The quantitative estimate of drug-likeness (QED) is 0.586. The lowest BCUT2D eigenvalue weighted by atomic mass is 10.1. The molecule has 0 unspecified atom stereocenters. The van der Waals surface area contributed by atoms with Gasteiger partial charge in [-0.15, -0.1) is 0 Å². The highest BCUT2D eigenvalue weighted by atomic mass is 19.1. The van der Waals surface area contributed by atoms with E-state index in [2.05, 4.69) is 35.3 Å². The van der Waals surface area contributed by atoms with E-state index in [1.807, 2.05) is 25.3 Å². The van der Waals surface area contributed by atoms with Crippen LogP contribution in [0.2, 0.25) is 0 Å². The summed E-state index contributed by atoms with van der Waals surface area (Å²) in [5, 5.41) is 2.43. The molecule has 0 aromatic heterocycles. The summed E-state index contributed by atoms with van der Waals surface area (Å²) in [4.78, 5) is 4.55. The molecule has 0 amide bonds. The van der Waals surface area contributed by atoms with E-state index in [4.69, 9.17) is 0 Å². The number of hydrogen-bond acceptors (Lipinski definition) is 1. The predicted molar refractivity (Wildman–Crippen MR) is 86.4 cm³/mol. The molecule has 0 spiro atoms. The Kier molecular flexibility index (Phi) is 3.78. The molecule has 1 atom stereocenters. The Bertz CT molecular complexity index is 775. The number of nitrogens with zero attached hydrogens (tertiary/aromatic N) is 1. The molecule has 0 aliphatic rings. The van der Waals surface area contributed by atoms with Gasteiger partial charge in [-0.05, 0) is 47.0 Å². The van der Waals surface area contributed by atoms with Gasteiger partial charge in [0.25, 0.3) is 0 Å². The van der Waals surface area contributed by atoms with Crippen LogP contribution in [0.4, 0.5) is 4.39 Å². The Morgan fingerprint density at radius 3 is 2.38 bits per heavy atom. The third kappa shape index (κ3) is 3.16. The van der Waals surface area contributed by atoms with Gasteiger partial charge in [-0.1, -0.05) is 48.5 Å². The van der Waals surface area contributed by atoms with E-state index < -0.39 is 0 Å². The van der Waals surface area contributed by atoms with Gasteiger partial charge in [-0.25, -0.2) is 4.39 Å². The van der Waals surface area contributed by atoms with Crippen molar-refractivity contribution in [2.75, 3.05) is 0 Å². The van der Waals surface area contributed by atoms with Crippen LogP contribution in [-0.4, -0.2) is 6.21 Å². The zero-order chi connectivity index (χ0) is 14.7. The maximum atomic E-state index is 12.9. The zero-order valence-electron chi connectivity index (χ0n) is 11.8. The van der Waals surface area contributed by atoms with Crippen LogP contribution in [0.5, 0.6) is 0 Å². The van der Waals surface area contributed by atoms with Crippen molar-refractivity contribution in [3.05, 3.63) is 83.7 Å². The molecule has 0 aliphatic heterocycles. The van der Waals surface area contributed by atoms with Crippen LogP contribution >= 0.6 is 0 Å². The smallest absolute Gasteiger partial charge is 0.123 e. The summed E-state index contributed by atoms with van der Waals surface area (Å²) in [6.07, 6.45) is 1.88. The van der Waals surface area contributed by atoms with E-state index in [1.54, 1.807) is 12.1 Å². The van der Waals surface area contributed by atoms with Gasteiger partial charge in [0.05, 0.1) is 6.04 Å². The average molecular weight is 277 g/mol. The molecule has 3 aromatic carbocycles. The van der Waals surface area contributed by atoms with Crippen molar-refractivity contribution in [2.45, 2.75) is 13.0 Å². The minimum Gasteiger partial charge on any atom is -0.285 e. The molecule has 21 heavy (non-hydrogen) atoms. The number of rotatable bonds is 3. The average Bonchev–Trinajstić information content (AvgIpc) is 2.53. The van der Waals surface area contributed by atoms with Crippen molar-refractivity contribution in [1.82, 2.24) is 0 Å². The summed E-state index contributed by atoms with van der Waals surface area (Å²) in [6, 6.07) is 21.0. The Balaban J connectivity index is 1.81. The van der Waals surface area contributed by atoms with Gasteiger partial charge in [0.1, 0.15) is 5.82 Å². The van der Waals surface area contributed by atoms with E-state index in [0.717, 1.165) is 11.1 Å². The lowest BCUT2D eigenvalue weighted by Gasteiger charge is -2.06. The van der Waals surface area contributed by atoms with E-state index >= 15 is 0 Å². The van der Waals surface area contributed by atoms with E-state index in [1.165, 1.54) is 22.9 Å². The molecule has 0 aliphatic carbocycles. The number of halogens is 1. The van der Waals surface area contributed by atoms with E-state index in [0.29, 0.717) is 0 Å². The number of fused-ring (bicyclic) bond motifs is 1. The van der Waals surface area contributed by atoms with Crippen molar-refractivity contribution >= 4 is 17.0 Å². The standard InChI is InChI=1S/C19H16FN/c1-14(16-8-10-19(20)11-9-16)21-13-15-6-7-17-4-2-3-5-18(17)12-15/h2-14H,1H3/t14-/m1/s1. The molecule has 104 valence electrons. The second-order valence-corrected chi connectivity index (χ2v) is 5.11. The minimum absolute atomic E-state index is 0.0112. The normalized spacial score (nSPS) is 12.9. The molecule has 1 nitrogen and oxygen atoms in total. The summed E-state index contributed by atoms with van der Waals surface area (Å²) in [5.41, 5.74) is 2.08. The van der Waals surface area contributed by atoms with Gasteiger partial charge < -0.3 is 0 Å². The van der Waals surface area contributed by atoms with Crippen molar-refractivity contribution < 1.29 is 4.39 Å². The van der Waals surface area contributed by atoms with Crippen molar-refractivity contribution in [3.8, 4) is 0 Å². The summed E-state index contributed by atoms with van der Waals surface area (Å²) in [5.74, 6) is -0.218. The van der Waals surface area contributed by atoms with Crippen LogP contribution in [0, 0.1) is 5.82 Å². The number of aliphatic imine (C=N–C) groups is 1. The number of hydrogen-bond donors (Lipinski definition) is 0. The van der Waals surface area contributed by atoms with Gasteiger partial charge in [0.2, 0.25) is 0 Å². The van der Waals surface area contributed by atoms with E-state index in [-0.39, 0.29) is 11.9 Å². The minimum atomic E-state index is -0.218. The molecular formula is C19H16FN. The maximum Gasteiger partial charge on any atom is 0.123 e. The molecule has 3 aromatic rings. The topological polar surface area (TPSA) is 12.4 Å². The second kappa shape index (κ2) is 5.88. The zero-order valence-corrected chi connectivity index (χ0v) is 11.8. The molecule has 0 saturated carbocycles. The van der Waals surface area contributed by atoms with Crippen LogP contribution in [0.15, 0.2) is 71.7 Å². The lowest BCUT2D eigenvalue weighted by Crippen LogP contribution is -1.91. The van der Waals surface area contributed by atoms with Crippen LogP contribution in [0.1, 0.15) is 24.1 Å². The summed E-state index contributed by atoms with van der Waals surface area (Å²) in [7, 11) is 0. The van der Waals surface area contributed by atoms with E-state index in [9.17, 15) is 4.39 Å². The van der Waals surface area contributed by atoms with Crippen LogP contribution < -0.4 is 0 Å². The lowest BCUT2D eigenvalue weighted by molar-refractivity contribution is 0.626. The highest BCUT2D eigenvalue weighted by Crippen LogP contribution is 2.18. The second-order valence-electron chi connectivity index (χ2n) is 5.11. The highest BCUT2D eigenvalue weighted by molar-refractivity contribution is 5.90. The predicted octanol–water partition coefficient (Wildman–Crippen LogP) is 5.16. The molecule has 0 N–H and O–H groups in total. The summed E-state index contributed by atoms with van der Waals surface area (Å²) >= 11 is 0. The Hall–Kier alpha value is -2.48. The first kappa shape index (κ1) is 13.5. The molecule has 0 saturated heterocycles. The molecular weight excluding hydrogens is 261 g/mol. The van der Waals surface area contributed by atoms with Gasteiger partial charge in [0.15, 0.2) is 0 Å². The fourth-order valence-corrected chi connectivity index (χ4v) is 2.31. The fraction of sp³-hybridized carbons (Fsp3) is 0.105. The Labute approximate surface area is 123 Å². The molecule has 0 radical (unpaired) electrons. The first-order valence-electron chi connectivity index (χ1n) is 7.00. The van der Waals surface area contributed by atoms with Crippen molar-refractivity contribution in [3.63, 3.8) is 0 Å². The van der Waals surface area contributed by atoms with Gasteiger partial charge >= 0.3 is 0 Å². The highest BCUT2D eigenvalue weighted by Gasteiger charge is 2.02. The first-order chi connectivity index (χ1) is 10.2. The molecule has 2 heteroatoms. The monoisotopic (exact) mass is 277 g/mol. The van der Waals surface area contributed by atoms with Crippen molar-refractivity contribution in [2.24, 2.45) is 4.99 Å². The fourth-order valence-electron chi connectivity index (χ4n) is 2.31. The number of benzene rings is 3. The molecule has 0 bridgehead atoms.